The lowest BCUT2D eigenvalue weighted by atomic mass is 9.99. The van der Waals surface area contributed by atoms with E-state index in [9.17, 15) is 23.5 Å². The van der Waals surface area contributed by atoms with Crippen molar-refractivity contribution in [3.63, 3.8) is 0 Å². The van der Waals surface area contributed by atoms with E-state index < -0.39 is 17.7 Å². The minimum atomic E-state index is -0.938. The zero-order chi connectivity index (χ0) is 22.4. The summed E-state index contributed by atoms with van der Waals surface area (Å²) < 4.78 is 29.1. The van der Waals surface area contributed by atoms with Crippen LogP contribution in [0.15, 0.2) is 12.1 Å². The van der Waals surface area contributed by atoms with Crippen molar-refractivity contribution in [2.75, 3.05) is 25.5 Å². The van der Waals surface area contributed by atoms with E-state index in [-0.39, 0.29) is 41.7 Å². The second-order valence-corrected chi connectivity index (χ2v) is 8.45. The average Bonchev–Trinajstić information content (AvgIpc) is 3.00. The largest absolute Gasteiger partial charge is 0.396 e. The topological polar surface area (TPSA) is 90.7 Å². The van der Waals surface area contributed by atoms with Crippen LogP contribution in [-0.4, -0.2) is 62.9 Å². The van der Waals surface area contributed by atoms with Crippen LogP contribution in [0.4, 0.5) is 19.3 Å². The Morgan fingerprint density at radius 1 is 1.32 bits per heavy atom. The molecule has 2 aromatic rings. The van der Waals surface area contributed by atoms with Crippen molar-refractivity contribution >= 4 is 29.2 Å². The van der Waals surface area contributed by atoms with Gasteiger partial charge in [-0.2, -0.15) is 5.10 Å². The van der Waals surface area contributed by atoms with E-state index in [1.807, 2.05) is 6.92 Å². The van der Waals surface area contributed by atoms with Gasteiger partial charge in [0.1, 0.15) is 17.3 Å². The Balaban J connectivity index is 1.63. The summed E-state index contributed by atoms with van der Waals surface area (Å²) in [5, 5.41) is 16.3. The molecular formula is C20H22ClF2N5O3. The highest BCUT2D eigenvalue weighted by atomic mass is 35.5. The van der Waals surface area contributed by atoms with Gasteiger partial charge in [0, 0.05) is 56.8 Å². The van der Waals surface area contributed by atoms with Gasteiger partial charge in [-0.1, -0.05) is 11.6 Å². The maximum Gasteiger partial charge on any atom is 0.322 e. The molecule has 0 saturated carbocycles. The highest BCUT2D eigenvalue weighted by Crippen LogP contribution is 2.30. The van der Waals surface area contributed by atoms with Crippen molar-refractivity contribution in [1.29, 1.82) is 0 Å². The number of hydrogen-bond donors (Lipinski definition) is 2. The molecular weight excluding hydrogens is 432 g/mol. The van der Waals surface area contributed by atoms with Gasteiger partial charge in [-0.05, 0) is 13.0 Å². The van der Waals surface area contributed by atoms with Gasteiger partial charge in [-0.25, -0.2) is 13.6 Å². The molecule has 1 aromatic heterocycles. The highest BCUT2D eigenvalue weighted by molar-refractivity contribution is 6.31. The summed E-state index contributed by atoms with van der Waals surface area (Å²) in [5.74, 6) is -2.22. The van der Waals surface area contributed by atoms with Crippen molar-refractivity contribution in [1.82, 2.24) is 19.6 Å². The molecule has 4 rings (SSSR count). The number of benzene rings is 1. The lowest BCUT2D eigenvalue weighted by Gasteiger charge is -2.33. The molecule has 0 saturated heterocycles. The van der Waals surface area contributed by atoms with Crippen LogP contribution in [0.5, 0.6) is 0 Å². The van der Waals surface area contributed by atoms with Crippen LogP contribution < -0.4 is 5.32 Å². The van der Waals surface area contributed by atoms with E-state index in [1.54, 1.807) is 16.6 Å². The van der Waals surface area contributed by atoms with Gasteiger partial charge in [0.2, 0.25) is 0 Å². The summed E-state index contributed by atoms with van der Waals surface area (Å²) in [6, 6.07) is 0.762. The van der Waals surface area contributed by atoms with Gasteiger partial charge in [0.15, 0.2) is 0 Å². The van der Waals surface area contributed by atoms with E-state index in [2.05, 4.69) is 10.4 Å². The van der Waals surface area contributed by atoms with Crippen molar-refractivity contribution in [3.8, 4) is 0 Å². The molecule has 3 heterocycles. The molecule has 3 amide bonds. The molecule has 0 fully saturated rings. The number of rotatable bonds is 2. The van der Waals surface area contributed by atoms with Crippen LogP contribution in [-0.2, 0) is 19.5 Å². The molecule has 2 N–H and O–H groups in total. The molecule has 31 heavy (non-hydrogen) atoms. The van der Waals surface area contributed by atoms with Crippen LogP contribution in [0, 0.1) is 17.6 Å². The van der Waals surface area contributed by atoms with E-state index >= 15 is 0 Å². The summed E-state index contributed by atoms with van der Waals surface area (Å²) >= 11 is 5.71. The number of anilines is 1. The summed E-state index contributed by atoms with van der Waals surface area (Å²) in [5.41, 5.74) is 1.53. The van der Waals surface area contributed by atoms with Crippen molar-refractivity contribution in [2.24, 2.45) is 5.92 Å². The minimum Gasteiger partial charge on any atom is -0.396 e. The lowest BCUT2D eigenvalue weighted by Crippen LogP contribution is -2.45. The molecule has 8 nitrogen and oxygen atoms in total. The third-order valence-electron chi connectivity index (χ3n) is 5.77. The minimum absolute atomic E-state index is 0.0711. The van der Waals surface area contributed by atoms with Gasteiger partial charge >= 0.3 is 6.03 Å². The average molecular weight is 454 g/mol. The summed E-state index contributed by atoms with van der Waals surface area (Å²) in [4.78, 5) is 28.9. The molecule has 2 aliphatic heterocycles. The predicted molar refractivity (Wildman–Crippen MR) is 109 cm³/mol. The Bertz CT molecular complexity index is 1060. The lowest BCUT2D eigenvalue weighted by molar-refractivity contribution is 0.0761. The van der Waals surface area contributed by atoms with Crippen molar-refractivity contribution in [2.45, 2.75) is 32.5 Å². The Hall–Kier alpha value is -2.72. The second kappa shape index (κ2) is 8.08. The molecule has 0 bridgehead atoms. The van der Waals surface area contributed by atoms with Crippen LogP contribution in [0.3, 0.4) is 0 Å². The zero-order valence-corrected chi connectivity index (χ0v) is 17.8. The first-order chi connectivity index (χ1) is 14.7. The fourth-order valence-electron chi connectivity index (χ4n) is 4.11. The molecule has 1 aromatic carbocycles. The normalized spacial score (nSPS) is 20.9. The molecule has 0 aliphatic carbocycles. The number of aliphatic hydroxyl groups is 1. The molecule has 11 heteroatoms. The number of nitrogens with one attached hydrogen (secondary N) is 1. The standard InChI is InChI=1S/C20H22ClF2N5O3/c1-10-3-16-12(18-19(30)26(2)6-11(9-29)7-28(18)25-16)8-27(10)20(31)24-17-4-13(21)14(22)5-15(17)23/h4-5,10-11,29H,3,6-9H2,1-2H3,(H,24,31)/t10-,11?/m1/s1. The number of nitrogens with zero attached hydrogens (tertiary/aromatic N) is 4. The Morgan fingerprint density at radius 3 is 2.77 bits per heavy atom. The maximum atomic E-state index is 14.1. The zero-order valence-electron chi connectivity index (χ0n) is 17.0. The van der Waals surface area contributed by atoms with E-state index in [4.69, 9.17) is 11.6 Å². The fraction of sp³-hybridized carbons (Fsp3) is 0.450. The third-order valence-corrected chi connectivity index (χ3v) is 6.06. The Morgan fingerprint density at radius 2 is 2.06 bits per heavy atom. The maximum absolute atomic E-state index is 14.1. The van der Waals surface area contributed by atoms with Crippen LogP contribution >= 0.6 is 11.6 Å². The number of aliphatic hydroxyl groups excluding tert-OH is 1. The second-order valence-electron chi connectivity index (χ2n) is 8.05. The van der Waals surface area contributed by atoms with Crippen LogP contribution in [0.25, 0.3) is 0 Å². The number of fused-ring (bicyclic) bond motifs is 3. The van der Waals surface area contributed by atoms with Gasteiger partial charge in [0.25, 0.3) is 5.91 Å². The van der Waals surface area contributed by atoms with Crippen molar-refractivity contribution in [3.05, 3.63) is 45.7 Å². The number of urea groups is 1. The Kier molecular flexibility index (Phi) is 5.61. The molecule has 1 unspecified atom stereocenters. The smallest absolute Gasteiger partial charge is 0.322 e. The molecule has 2 aliphatic rings. The molecule has 0 radical (unpaired) electrons. The van der Waals surface area contributed by atoms with Crippen LogP contribution in [0.1, 0.15) is 28.7 Å². The number of amides is 3. The first-order valence-electron chi connectivity index (χ1n) is 9.86. The monoisotopic (exact) mass is 453 g/mol. The van der Waals surface area contributed by atoms with Gasteiger partial charge < -0.3 is 20.2 Å². The summed E-state index contributed by atoms with van der Waals surface area (Å²) in [6.45, 7) is 2.66. The Labute approximate surface area is 182 Å². The quantitative estimate of drug-likeness (QED) is 0.683. The number of carbonyl (C=O) groups is 2. The molecule has 0 spiro atoms. The first-order valence-corrected chi connectivity index (χ1v) is 10.2. The van der Waals surface area contributed by atoms with E-state index in [0.717, 1.165) is 11.8 Å². The number of hydrogen-bond acceptors (Lipinski definition) is 4. The van der Waals surface area contributed by atoms with Gasteiger partial charge in [-0.3, -0.25) is 9.48 Å². The summed E-state index contributed by atoms with van der Waals surface area (Å²) in [6.07, 6.45) is 0.413. The number of aromatic nitrogens is 2. The highest BCUT2D eigenvalue weighted by Gasteiger charge is 2.37. The SMILES string of the molecule is C[C@@H]1Cc2nn3c(c2CN1C(=O)Nc1cc(Cl)c(F)cc1F)C(=O)N(C)CC(CO)C3. The fourth-order valence-corrected chi connectivity index (χ4v) is 4.28. The summed E-state index contributed by atoms with van der Waals surface area (Å²) in [7, 11) is 1.66. The van der Waals surface area contributed by atoms with Crippen molar-refractivity contribution < 1.29 is 23.5 Å². The van der Waals surface area contributed by atoms with Gasteiger partial charge in [-0.15, -0.1) is 0 Å². The number of halogens is 3. The molecule has 2 atom stereocenters. The van der Waals surface area contributed by atoms with E-state index in [1.165, 1.54) is 4.90 Å². The molecule has 166 valence electrons. The third kappa shape index (κ3) is 3.85. The first kappa shape index (κ1) is 21.5. The predicted octanol–water partition coefficient (Wildman–Crippen LogP) is 2.49. The van der Waals surface area contributed by atoms with Crippen LogP contribution in [0.2, 0.25) is 5.02 Å². The van der Waals surface area contributed by atoms with E-state index in [0.29, 0.717) is 36.8 Å². The van der Waals surface area contributed by atoms with Gasteiger partial charge in [0.05, 0.1) is 22.9 Å². The number of carbonyl (C=O) groups excluding carboxylic acids is 2.